The van der Waals surface area contributed by atoms with Crippen LogP contribution in [0.15, 0.2) is 35.7 Å². The minimum Gasteiger partial charge on any atom is -0.267 e. The van der Waals surface area contributed by atoms with Gasteiger partial charge in [-0.2, -0.15) is 5.10 Å². The lowest BCUT2D eigenvalue weighted by Crippen LogP contribution is -1.96. The Bertz CT molecular complexity index is 771. The summed E-state index contributed by atoms with van der Waals surface area (Å²) in [7, 11) is 0. The second-order valence-electron chi connectivity index (χ2n) is 4.09. The monoisotopic (exact) mass is 307 g/mol. The van der Waals surface area contributed by atoms with Gasteiger partial charge in [-0.05, 0) is 42.2 Å². The van der Waals surface area contributed by atoms with E-state index < -0.39 is 0 Å². The molecule has 0 aliphatic rings. The van der Waals surface area contributed by atoms with E-state index in [0.29, 0.717) is 4.77 Å². The minimum atomic E-state index is 0.559. The average molecular weight is 308 g/mol. The Kier molecular flexibility index (Phi) is 3.26. The van der Waals surface area contributed by atoms with Crippen LogP contribution in [0.4, 0.5) is 0 Å². The number of para-hydroxylation sites is 1. The van der Waals surface area contributed by atoms with E-state index in [0.717, 1.165) is 27.0 Å². The molecule has 3 rings (SSSR count). The fraction of sp³-hybridized carbons (Fsp3) is 0.0769. The quantitative estimate of drug-likeness (QED) is 0.701. The summed E-state index contributed by atoms with van der Waals surface area (Å²) in [5.74, 6) is 0.749. The average Bonchev–Trinajstić information content (AvgIpc) is 2.95. The van der Waals surface area contributed by atoms with Gasteiger partial charge in [0.2, 0.25) is 0 Å². The van der Waals surface area contributed by atoms with Crippen LogP contribution in [-0.4, -0.2) is 14.8 Å². The highest BCUT2D eigenvalue weighted by Crippen LogP contribution is 2.36. The summed E-state index contributed by atoms with van der Waals surface area (Å²) in [6, 6.07) is 9.88. The van der Waals surface area contributed by atoms with E-state index in [-0.39, 0.29) is 0 Å². The smallest absolute Gasteiger partial charge is 0.200 e. The number of hydrogen-bond acceptors (Lipinski definition) is 3. The second-order valence-corrected chi connectivity index (χ2v) is 5.73. The zero-order chi connectivity index (χ0) is 13.4. The van der Waals surface area contributed by atoms with Gasteiger partial charge >= 0.3 is 0 Å². The lowest BCUT2D eigenvalue weighted by atomic mass is 10.3. The molecule has 0 saturated heterocycles. The Labute approximate surface area is 124 Å². The SMILES string of the molecule is Cc1csc(-c2n[nH]c(=S)n2-c2ccccc2)c1Cl. The Hall–Kier alpha value is -1.43. The molecule has 0 aliphatic heterocycles. The Morgan fingerprint density at radius 3 is 2.68 bits per heavy atom. The third kappa shape index (κ3) is 2.14. The number of rotatable bonds is 2. The van der Waals surface area contributed by atoms with E-state index in [4.69, 9.17) is 23.8 Å². The molecule has 0 radical (unpaired) electrons. The first-order valence-corrected chi connectivity index (χ1v) is 7.32. The van der Waals surface area contributed by atoms with Crippen LogP contribution in [0, 0.1) is 11.7 Å². The molecule has 3 aromatic rings. The molecule has 2 aromatic heterocycles. The molecule has 0 amide bonds. The maximum atomic E-state index is 6.32. The molecule has 96 valence electrons. The number of halogens is 1. The third-order valence-electron chi connectivity index (χ3n) is 2.79. The summed E-state index contributed by atoms with van der Waals surface area (Å²) < 4.78 is 2.45. The van der Waals surface area contributed by atoms with Crippen molar-refractivity contribution >= 4 is 35.2 Å². The topological polar surface area (TPSA) is 33.6 Å². The van der Waals surface area contributed by atoms with E-state index >= 15 is 0 Å². The van der Waals surface area contributed by atoms with E-state index in [2.05, 4.69) is 10.2 Å². The van der Waals surface area contributed by atoms with Crippen LogP contribution in [0.25, 0.3) is 16.4 Å². The highest BCUT2D eigenvalue weighted by Gasteiger charge is 2.16. The molecule has 1 N–H and O–H groups in total. The highest BCUT2D eigenvalue weighted by atomic mass is 35.5. The van der Waals surface area contributed by atoms with Crippen molar-refractivity contribution < 1.29 is 0 Å². The Balaban J connectivity index is 2.25. The van der Waals surface area contributed by atoms with E-state index in [1.807, 2.05) is 47.2 Å². The fourth-order valence-corrected chi connectivity index (χ4v) is 3.34. The number of thiophene rings is 1. The van der Waals surface area contributed by atoms with Crippen molar-refractivity contribution in [2.45, 2.75) is 6.92 Å². The summed E-state index contributed by atoms with van der Waals surface area (Å²) in [6.45, 7) is 1.98. The number of aromatic amines is 1. The first-order chi connectivity index (χ1) is 9.18. The van der Waals surface area contributed by atoms with Gasteiger partial charge in [0, 0.05) is 5.69 Å². The molecule has 6 heteroatoms. The molecule has 0 unspecified atom stereocenters. The second kappa shape index (κ2) is 4.92. The van der Waals surface area contributed by atoms with Crippen LogP contribution in [0.2, 0.25) is 5.02 Å². The summed E-state index contributed by atoms with van der Waals surface area (Å²) >= 11 is 13.2. The standard InChI is InChI=1S/C13H10ClN3S2/c1-8-7-19-11(10(8)14)12-15-16-13(18)17(12)9-5-3-2-4-6-9/h2-7H,1H3,(H,16,18). The minimum absolute atomic E-state index is 0.559. The molecule has 0 fully saturated rings. The van der Waals surface area contributed by atoms with Gasteiger partial charge in [0.25, 0.3) is 0 Å². The summed E-state index contributed by atoms with van der Waals surface area (Å²) in [5.41, 5.74) is 2.02. The predicted octanol–water partition coefficient (Wildman–Crippen LogP) is 4.62. The van der Waals surface area contributed by atoms with Gasteiger partial charge in [0.15, 0.2) is 10.6 Å². The van der Waals surface area contributed by atoms with Crippen molar-refractivity contribution in [1.29, 1.82) is 0 Å². The molecule has 2 heterocycles. The zero-order valence-corrected chi connectivity index (χ0v) is 12.4. The Morgan fingerprint density at radius 2 is 2.05 bits per heavy atom. The summed E-state index contributed by atoms with van der Waals surface area (Å²) in [5, 5.41) is 9.89. The third-order valence-corrected chi connectivity index (χ3v) is 4.76. The molecular formula is C13H10ClN3S2. The number of nitrogens with zero attached hydrogens (tertiary/aromatic N) is 2. The molecule has 19 heavy (non-hydrogen) atoms. The number of benzene rings is 1. The first kappa shape index (κ1) is 12.6. The van der Waals surface area contributed by atoms with Crippen molar-refractivity contribution in [1.82, 2.24) is 14.8 Å². The number of hydrogen-bond donors (Lipinski definition) is 1. The van der Waals surface area contributed by atoms with Crippen LogP contribution in [0.5, 0.6) is 0 Å². The van der Waals surface area contributed by atoms with E-state index in [1.54, 1.807) is 11.3 Å². The van der Waals surface area contributed by atoms with Gasteiger partial charge in [0.05, 0.1) is 9.90 Å². The highest BCUT2D eigenvalue weighted by molar-refractivity contribution is 7.71. The summed E-state index contributed by atoms with van der Waals surface area (Å²) in [6.07, 6.45) is 0. The van der Waals surface area contributed by atoms with Gasteiger partial charge in [-0.25, -0.2) is 0 Å². The lowest BCUT2D eigenvalue weighted by Gasteiger charge is -2.05. The van der Waals surface area contributed by atoms with Crippen LogP contribution in [0.1, 0.15) is 5.56 Å². The van der Waals surface area contributed by atoms with Crippen molar-refractivity contribution in [3.8, 4) is 16.4 Å². The first-order valence-electron chi connectivity index (χ1n) is 5.65. The van der Waals surface area contributed by atoms with Crippen molar-refractivity contribution in [2.75, 3.05) is 0 Å². The van der Waals surface area contributed by atoms with Crippen LogP contribution in [0.3, 0.4) is 0 Å². The van der Waals surface area contributed by atoms with Gasteiger partial charge in [-0.1, -0.05) is 29.8 Å². The zero-order valence-electron chi connectivity index (χ0n) is 10.1. The van der Waals surface area contributed by atoms with Crippen LogP contribution in [-0.2, 0) is 0 Å². The molecule has 1 aromatic carbocycles. The lowest BCUT2D eigenvalue weighted by molar-refractivity contribution is 1.04. The molecule has 0 spiro atoms. The predicted molar refractivity (Wildman–Crippen MR) is 81.8 cm³/mol. The number of nitrogens with one attached hydrogen (secondary N) is 1. The summed E-state index contributed by atoms with van der Waals surface area (Å²) in [4.78, 5) is 0.926. The number of aryl methyl sites for hydroxylation is 1. The van der Waals surface area contributed by atoms with Gasteiger partial charge < -0.3 is 0 Å². The molecule has 0 atom stereocenters. The largest absolute Gasteiger partial charge is 0.267 e. The van der Waals surface area contributed by atoms with Crippen LogP contribution >= 0.6 is 35.2 Å². The molecule has 0 aliphatic carbocycles. The Morgan fingerprint density at radius 1 is 1.32 bits per heavy atom. The molecule has 3 nitrogen and oxygen atoms in total. The van der Waals surface area contributed by atoms with E-state index in [9.17, 15) is 0 Å². The van der Waals surface area contributed by atoms with Crippen molar-refractivity contribution in [3.63, 3.8) is 0 Å². The molecule has 0 bridgehead atoms. The van der Waals surface area contributed by atoms with Crippen molar-refractivity contribution in [2.24, 2.45) is 0 Å². The molecule has 0 saturated carbocycles. The van der Waals surface area contributed by atoms with E-state index in [1.165, 1.54) is 0 Å². The number of aromatic nitrogens is 3. The number of H-pyrrole nitrogens is 1. The normalized spacial score (nSPS) is 10.8. The van der Waals surface area contributed by atoms with Gasteiger partial charge in [0.1, 0.15) is 0 Å². The fourth-order valence-electron chi connectivity index (χ4n) is 1.85. The maximum Gasteiger partial charge on any atom is 0.200 e. The maximum absolute atomic E-state index is 6.32. The van der Waals surface area contributed by atoms with Gasteiger partial charge in [-0.3, -0.25) is 9.67 Å². The van der Waals surface area contributed by atoms with Crippen molar-refractivity contribution in [3.05, 3.63) is 51.1 Å². The van der Waals surface area contributed by atoms with Crippen LogP contribution < -0.4 is 0 Å². The van der Waals surface area contributed by atoms with Gasteiger partial charge in [-0.15, -0.1) is 11.3 Å². The molecular weight excluding hydrogens is 298 g/mol.